The van der Waals surface area contributed by atoms with Crippen LogP contribution in [0.4, 0.5) is 4.79 Å². The summed E-state index contributed by atoms with van der Waals surface area (Å²) >= 11 is 0. The molecule has 2 unspecified atom stereocenters. The molecule has 2 N–H and O–H groups in total. The zero-order valence-electron chi connectivity index (χ0n) is 22.6. The van der Waals surface area contributed by atoms with Crippen molar-refractivity contribution in [2.45, 2.75) is 92.1 Å². The van der Waals surface area contributed by atoms with E-state index in [2.05, 4.69) is 40.7 Å². The average molecular weight is 493 g/mol. The normalized spacial score (nSPS) is 47.1. The van der Waals surface area contributed by atoms with Gasteiger partial charge in [0.25, 0.3) is 0 Å². The molecule has 6 nitrogen and oxygen atoms in total. The third kappa shape index (κ3) is 3.10. The number of nitrogens with two attached hydrogens (primary N) is 1. The standard InChI is InChI=1S/C30H40N2O4/c1-17-19-7-8-28(5)22(27(19,4)14-18(16-31)24(17)34)13-21(33)23-20-15-26(2,3)9-11-30(20,36-25(32)35)12-10-29(23,28)6/h13-14,17,19-20,23H,7-12,15H2,1-6H3,(H2,32,35)/t17-,19-,20?,23?,27-,28+,29+,30-/m0/s1. The highest BCUT2D eigenvalue weighted by atomic mass is 16.6. The number of nitrogens with zero attached hydrogens (tertiary/aromatic N) is 1. The molecule has 0 saturated heterocycles. The predicted molar refractivity (Wildman–Crippen MR) is 135 cm³/mol. The summed E-state index contributed by atoms with van der Waals surface area (Å²) in [5.41, 5.74) is 5.14. The van der Waals surface area contributed by atoms with Crippen LogP contribution in [0.2, 0.25) is 0 Å². The molecule has 5 rings (SSSR count). The van der Waals surface area contributed by atoms with E-state index < -0.39 is 17.1 Å². The molecule has 3 fully saturated rings. The molecule has 194 valence electrons. The summed E-state index contributed by atoms with van der Waals surface area (Å²) in [4.78, 5) is 39.1. The van der Waals surface area contributed by atoms with E-state index in [9.17, 15) is 19.6 Å². The molecule has 0 aromatic rings. The Bertz CT molecular complexity index is 1160. The van der Waals surface area contributed by atoms with Crippen LogP contribution in [-0.2, 0) is 14.3 Å². The largest absolute Gasteiger partial charge is 0.443 e. The molecule has 5 aliphatic carbocycles. The SMILES string of the molecule is C[C@@H]1C(=O)C(C#N)=C[C@]2(C)C3=CC(=O)C4C5CC(C)(C)CC[C@]5(OC(N)=O)CC[C@@]4(C)[C@]3(C)CC[C@@H]12. The van der Waals surface area contributed by atoms with Crippen LogP contribution in [0.1, 0.15) is 86.5 Å². The zero-order chi connectivity index (χ0) is 26.5. The van der Waals surface area contributed by atoms with E-state index in [1.54, 1.807) is 0 Å². The Hall–Kier alpha value is -2.42. The molecule has 0 aromatic carbocycles. The molecule has 8 atom stereocenters. The van der Waals surface area contributed by atoms with Crippen molar-refractivity contribution in [3.63, 3.8) is 0 Å². The lowest BCUT2D eigenvalue weighted by Gasteiger charge is -2.68. The van der Waals surface area contributed by atoms with Crippen molar-refractivity contribution in [3.05, 3.63) is 23.3 Å². The van der Waals surface area contributed by atoms with Gasteiger partial charge in [-0.3, -0.25) is 9.59 Å². The summed E-state index contributed by atoms with van der Waals surface area (Å²) < 4.78 is 5.93. The molecule has 0 radical (unpaired) electrons. The lowest BCUT2D eigenvalue weighted by molar-refractivity contribution is -0.193. The maximum Gasteiger partial charge on any atom is 0.405 e. The fraction of sp³-hybridized carbons (Fsp3) is 0.733. The number of ketones is 2. The van der Waals surface area contributed by atoms with Gasteiger partial charge in [0.05, 0.1) is 5.57 Å². The van der Waals surface area contributed by atoms with Gasteiger partial charge in [-0.15, -0.1) is 0 Å². The van der Waals surface area contributed by atoms with Crippen molar-refractivity contribution in [1.82, 2.24) is 0 Å². The Morgan fingerprint density at radius 1 is 1.06 bits per heavy atom. The van der Waals surface area contributed by atoms with E-state index in [-0.39, 0.29) is 57.1 Å². The van der Waals surface area contributed by atoms with Crippen LogP contribution in [0.3, 0.4) is 0 Å². The minimum atomic E-state index is -0.753. The van der Waals surface area contributed by atoms with E-state index in [0.717, 1.165) is 44.1 Å². The van der Waals surface area contributed by atoms with Gasteiger partial charge in [0.1, 0.15) is 11.7 Å². The van der Waals surface area contributed by atoms with Crippen LogP contribution < -0.4 is 5.73 Å². The molecule has 0 aliphatic heterocycles. The van der Waals surface area contributed by atoms with Gasteiger partial charge >= 0.3 is 6.09 Å². The average Bonchev–Trinajstić information content (AvgIpc) is 2.78. The van der Waals surface area contributed by atoms with E-state index in [4.69, 9.17) is 10.5 Å². The van der Waals surface area contributed by atoms with Crippen LogP contribution in [0.25, 0.3) is 0 Å². The van der Waals surface area contributed by atoms with Crippen molar-refractivity contribution >= 4 is 17.7 Å². The first kappa shape index (κ1) is 25.2. The summed E-state index contributed by atoms with van der Waals surface area (Å²) in [7, 11) is 0. The van der Waals surface area contributed by atoms with E-state index in [1.807, 2.05) is 19.1 Å². The third-order valence-electron chi connectivity index (χ3n) is 11.7. The van der Waals surface area contributed by atoms with Crippen molar-refractivity contribution < 1.29 is 19.1 Å². The summed E-state index contributed by atoms with van der Waals surface area (Å²) in [6, 6.07) is 2.14. The highest BCUT2D eigenvalue weighted by Gasteiger charge is 2.69. The Labute approximate surface area is 214 Å². The Balaban J connectivity index is 1.68. The fourth-order valence-corrected chi connectivity index (χ4v) is 9.58. The molecule has 0 spiro atoms. The highest BCUT2D eigenvalue weighted by molar-refractivity contribution is 6.02. The summed E-state index contributed by atoms with van der Waals surface area (Å²) in [6.07, 6.45) is 8.71. The first-order valence-electron chi connectivity index (χ1n) is 13.6. The second-order valence-electron chi connectivity index (χ2n) is 13.9. The molecule has 1 amide bonds. The van der Waals surface area contributed by atoms with Gasteiger partial charge in [0.15, 0.2) is 11.6 Å². The number of hydrogen-bond acceptors (Lipinski definition) is 5. The summed E-state index contributed by atoms with van der Waals surface area (Å²) in [5.74, 6) is -0.501. The number of primary amides is 1. The van der Waals surface area contributed by atoms with Crippen LogP contribution >= 0.6 is 0 Å². The van der Waals surface area contributed by atoms with Crippen molar-refractivity contribution in [3.8, 4) is 6.07 Å². The number of carbonyl (C=O) groups excluding carboxylic acids is 3. The Morgan fingerprint density at radius 3 is 2.36 bits per heavy atom. The molecular weight excluding hydrogens is 452 g/mol. The number of hydrogen-bond donors (Lipinski definition) is 1. The number of allylic oxidation sites excluding steroid dienone is 4. The molecule has 6 heteroatoms. The highest BCUT2D eigenvalue weighted by Crippen LogP contribution is 2.72. The Kier molecular flexibility index (Phi) is 5.30. The van der Waals surface area contributed by atoms with Crippen molar-refractivity contribution in [1.29, 1.82) is 5.26 Å². The number of nitriles is 1. The van der Waals surface area contributed by atoms with Gasteiger partial charge < -0.3 is 10.5 Å². The van der Waals surface area contributed by atoms with Crippen molar-refractivity contribution in [2.75, 3.05) is 0 Å². The third-order valence-corrected chi connectivity index (χ3v) is 11.7. The monoisotopic (exact) mass is 492 g/mol. The van der Waals surface area contributed by atoms with Gasteiger partial charge in [-0.05, 0) is 73.2 Å². The number of amides is 1. The first-order valence-corrected chi connectivity index (χ1v) is 13.6. The molecule has 5 aliphatic rings. The lowest BCUT2D eigenvalue weighted by Crippen LogP contribution is -2.66. The van der Waals surface area contributed by atoms with E-state index >= 15 is 0 Å². The van der Waals surface area contributed by atoms with Gasteiger partial charge in [0.2, 0.25) is 0 Å². The second kappa shape index (κ2) is 7.55. The van der Waals surface area contributed by atoms with Gasteiger partial charge in [-0.25, -0.2) is 4.79 Å². The Morgan fingerprint density at radius 2 is 1.72 bits per heavy atom. The quantitative estimate of drug-likeness (QED) is 0.507. The zero-order valence-corrected chi connectivity index (χ0v) is 22.6. The number of Topliss-reactive ketones (excluding diaryl/α,β-unsaturated/α-hetero) is 1. The lowest BCUT2D eigenvalue weighted by atomic mass is 9.36. The van der Waals surface area contributed by atoms with Gasteiger partial charge in [-0.2, -0.15) is 5.26 Å². The van der Waals surface area contributed by atoms with Crippen LogP contribution in [-0.4, -0.2) is 23.3 Å². The minimum absolute atomic E-state index is 0.0475. The van der Waals surface area contributed by atoms with Crippen LogP contribution in [0.15, 0.2) is 23.3 Å². The number of carbonyl (C=O) groups is 3. The maximum absolute atomic E-state index is 14.2. The van der Waals surface area contributed by atoms with Gasteiger partial charge in [-0.1, -0.05) is 53.2 Å². The molecular formula is C30H40N2O4. The maximum atomic E-state index is 14.2. The van der Waals surface area contributed by atoms with Crippen molar-refractivity contribution in [2.24, 2.45) is 51.1 Å². The van der Waals surface area contributed by atoms with Gasteiger partial charge in [0, 0.05) is 23.2 Å². The molecule has 36 heavy (non-hydrogen) atoms. The predicted octanol–water partition coefficient (Wildman–Crippen LogP) is 5.66. The first-order chi connectivity index (χ1) is 16.6. The minimum Gasteiger partial charge on any atom is -0.443 e. The molecule has 3 saturated carbocycles. The smallest absolute Gasteiger partial charge is 0.405 e. The fourth-order valence-electron chi connectivity index (χ4n) is 9.58. The van der Waals surface area contributed by atoms with Crippen LogP contribution in [0, 0.1) is 56.7 Å². The molecule has 0 aromatic heterocycles. The summed E-state index contributed by atoms with van der Waals surface area (Å²) in [6.45, 7) is 13.1. The number of ether oxygens (including phenoxy) is 1. The van der Waals surface area contributed by atoms with Crippen LogP contribution in [0.5, 0.6) is 0 Å². The molecule has 0 heterocycles. The summed E-state index contributed by atoms with van der Waals surface area (Å²) in [5, 5.41) is 9.74. The number of fused-ring (bicyclic) bond motifs is 7. The molecule has 0 bridgehead atoms. The number of rotatable bonds is 1. The second-order valence-corrected chi connectivity index (χ2v) is 13.9. The van der Waals surface area contributed by atoms with E-state index in [0.29, 0.717) is 6.42 Å². The van der Waals surface area contributed by atoms with E-state index in [1.165, 1.54) is 0 Å². The topological polar surface area (TPSA) is 110 Å².